The minimum atomic E-state index is -0.381. The molecule has 1 aromatic carbocycles. The largest absolute Gasteiger partial charge is 0.467 e. The van der Waals surface area contributed by atoms with Crippen LogP contribution < -0.4 is 4.74 Å². The third kappa shape index (κ3) is 5.05. The molecule has 0 aliphatic heterocycles. The summed E-state index contributed by atoms with van der Waals surface area (Å²) in [5.41, 5.74) is 2.60. The fourth-order valence-electron chi connectivity index (χ4n) is 2.25. The Morgan fingerprint density at radius 2 is 1.75 bits per heavy atom. The Morgan fingerprint density at radius 3 is 2.38 bits per heavy atom. The lowest BCUT2D eigenvalue weighted by molar-refractivity contribution is -0.0653. The number of nitrogens with zero attached hydrogens (tertiary/aromatic N) is 2. The van der Waals surface area contributed by atoms with Crippen molar-refractivity contribution in [2.45, 2.75) is 26.7 Å². The van der Waals surface area contributed by atoms with Crippen LogP contribution in [-0.2, 0) is 11.2 Å². The Kier molecular flexibility index (Phi) is 7.24. The molecular formula is C17H20Cl2N2O3. The van der Waals surface area contributed by atoms with Crippen LogP contribution in [-0.4, -0.2) is 28.9 Å². The number of hydrogen-bond acceptors (Lipinski definition) is 5. The van der Waals surface area contributed by atoms with Gasteiger partial charge >= 0.3 is 0 Å². The molecule has 2 rings (SSSR count). The van der Waals surface area contributed by atoms with Gasteiger partial charge in [-0.3, -0.25) is 0 Å². The van der Waals surface area contributed by atoms with Crippen LogP contribution in [0.15, 0.2) is 24.3 Å². The first-order valence-corrected chi connectivity index (χ1v) is 8.41. The molecule has 1 N–H and O–H groups in total. The Hall–Kier alpha value is -1.40. The van der Waals surface area contributed by atoms with Crippen LogP contribution in [0.1, 0.15) is 25.8 Å². The topological polar surface area (TPSA) is 64.5 Å². The van der Waals surface area contributed by atoms with Gasteiger partial charge in [-0.1, -0.05) is 49.2 Å². The first-order valence-electron chi connectivity index (χ1n) is 7.65. The molecule has 5 nitrogen and oxygen atoms in total. The predicted molar refractivity (Wildman–Crippen MR) is 94.3 cm³/mol. The van der Waals surface area contributed by atoms with E-state index in [1.54, 1.807) is 12.1 Å². The molecule has 0 aliphatic rings. The average Bonchev–Trinajstić information content (AvgIpc) is 2.56. The van der Waals surface area contributed by atoms with E-state index in [0.717, 1.165) is 29.5 Å². The second-order valence-corrected chi connectivity index (χ2v) is 6.40. The number of ether oxygens (including phenoxy) is 2. The summed E-state index contributed by atoms with van der Waals surface area (Å²) in [5, 5.41) is 17.1. The standard InChI is InChI=1S/C17H20Cl2N2O3/c1-11(2)3-8-14-15(17(19)21-20-16(14)18)12-4-6-13(7-5-12)24-10-23-9-22/h4-7,11,22H,3,8-10H2,1-2H3. The van der Waals surface area contributed by atoms with Gasteiger partial charge < -0.3 is 14.6 Å². The van der Waals surface area contributed by atoms with Crippen LogP contribution in [0.5, 0.6) is 5.75 Å². The number of aromatic nitrogens is 2. The van der Waals surface area contributed by atoms with E-state index in [0.29, 0.717) is 22.0 Å². The highest BCUT2D eigenvalue weighted by Crippen LogP contribution is 2.35. The van der Waals surface area contributed by atoms with Gasteiger partial charge in [-0.25, -0.2) is 0 Å². The van der Waals surface area contributed by atoms with Gasteiger partial charge in [0, 0.05) is 11.1 Å². The molecule has 0 atom stereocenters. The van der Waals surface area contributed by atoms with Crippen LogP contribution >= 0.6 is 23.2 Å². The van der Waals surface area contributed by atoms with Gasteiger partial charge in [0.25, 0.3) is 0 Å². The summed E-state index contributed by atoms with van der Waals surface area (Å²) in [5.74, 6) is 1.17. The summed E-state index contributed by atoms with van der Waals surface area (Å²) in [6.45, 7) is 3.92. The molecule has 0 spiro atoms. The van der Waals surface area contributed by atoms with Crippen molar-refractivity contribution in [3.05, 3.63) is 40.1 Å². The van der Waals surface area contributed by atoms with Crippen molar-refractivity contribution >= 4 is 23.2 Å². The molecule has 2 aromatic rings. The lowest BCUT2D eigenvalue weighted by Crippen LogP contribution is -2.03. The summed E-state index contributed by atoms with van der Waals surface area (Å²) in [7, 11) is 0. The maximum atomic E-state index is 8.57. The summed E-state index contributed by atoms with van der Waals surface area (Å²) in [4.78, 5) is 0. The molecule has 0 aliphatic carbocycles. The first kappa shape index (κ1) is 18.9. The van der Waals surface area contributed by atoms with E-state index in [4.69, 9.17) is 37.8 Å². The van der Waals surface area contributed by atoms with Gasteiger partial charge in [-0.2, -0.15) is 0 Å². The molecule has 24 heavy (non-hydrogen) atoms. The highest BCUT2D eigenvalue weighted by Gasteiger charge is 2.16. The second kappa shape index (κ2) is 9.18. The summed E-state index contributed by atoms with van der Waals surface area (Å²) < 4.78 is 10.1. The van der Waals surface area contributed by atoms with E-state index >= 15 is 0 Å². The van der Waals surface area contributed by atoms with Crippen molar-refractivity contribution in [1.82, 2.24) is 10.2 Å². The summed E-state index contributed by atoms with van der Waals surface area (Å²) in [6.07, 6.45) is 1.76. The van der Waals surface area contributed by atoms with Gasteiger partial charge in [-0.05, 0) is 36.5 Å². The zero-order valence-electron chi connectivity index (χ0n) is 13.6. The molecular weight excluding hydrogens is 351 g/mol. The molecule has 0 saturated carbocycles. The van der Waals surface area contributed by atoms with Crippen molar-refractivity contribution in [3.63, 3.8) is 0 Å². The molecule has 0 radical (unpaired) electrons. The van der Waals surface area contributed by atoms with E-state index in [2.05, 4.69) is 24.0 Å². The van der Waals surface area contributed by atoms with Crippen LogP contribution in [0.25, 0.3) is 11.1 Å². The highest BCUT2D eigenvalue weighted by molar-refractivity contribution is 6.34. The number of aliphatic hydroxyl groups is 1. The smallest absolute Gasteiger partial charge is 0.191 e. The van der Waals surface area contributed by atoms with Gasteiger partial charge in [0.15, 0.2) is 17.1 Å². The Bertz CT molecular complexity index is 664. The number of halogens is 2. The second-order valence-electron chi connectivity index (χ2n) is 5.69. The maximum Gasteiger partial charge on any atom is 0.191 e. The molecule has 1 aromatic heterocycles. The van der Waals surface area contributed by atoms with E-state index in [-0.39, 0.29) is 13.6 Å². The van der Waals surface area contributed by atoms with E-state index in [1.807, 2.05) is 12.1 Å². The number of hydrogen-bond donors (Lipinski definition) is 1. The Labute approximate surface area is 151 Å². The monoisotopic (exact) mass is 370 g/mol. The molecule has 7 heteroatoms. The molecule has 0 bridgehead atoms. The fraction of sp³-hybridized carbons (Fsp3) is 0.412. The van der Waals surface area contributed by atoms with Crippen molar-refractivity contribution in [1.29, 1.82) is 0 Å². The average molecular weight is 371 g/mol. The maximum absolute atomic E-state index is 8.57. The number of aliphatic hydroxyl groups excluding tert-OH is 1. The third-order valence-electron chi connectivity index (χ3n) is 3.50. The summed E-state index contributed by atoms with van der Waals surface area (Å²) >= 11 is 12.5. The van der Waals surface area contributed by atoms with E-state index < -0.39 is 0 Å². The van der Waals surface area contributed by atoms with Crippen LogP contribution in [0, 0.1) is 5.92 Å². The lowest BCUT2D eigenvalue weighted by atomic mass is 9.97. The Morgan fingerprint density at radius 1 is 1.08 bits per heavy atom. The van der Waals surface area contributed by atoms with Gasteiger partial charge in [-0.15, -0.1) is 10.2 Å². The van der Waals surface area contributed by atoms with Gasteiger partial charge in [0.1, 0.15) is 12.5 Å². The predicted octanol–water partition coefficient (Wildman–Crippen LogP) is 4.34. The number of benzene rings is 1. The first-order chi connectivity index (χ1) is 11.5. The zero-order valence-corrected chi connectivity index (χ0v) is 15.1. The molecule has 0 saturated heterocycles. The van der Waals surface area contributed by atoms with Crippen molar-refractivity contribution in [2.75, 3.05) is 13.6 Å². The Balaban J connectivity index is 2.28. The van der Waals surface area contributed by atoms with Crippen LogP contribution in [0.2, 0.25) is 10.3 Å². The molecule has 0 unspecified atom stereocenters. The van der Waals surface area contributed by atoms with Crippen molar-refractivity contribution < 1.29 is 14.6 Å². The minimum absolute atomic E-state index is 0.0150. The molecule has 0 fully saturated rings. The molecule has 130 valence electrons. The van der Waals surface area contributed by atoms with Crippen molar-refractivity contribution in [3.8, 4) is 16.9 Å². The van der Waals surface area contributed by atoms with Crippen LogP contribution in [0.3, 0.4) is 0 Å². The van der Waals surface area contributed by atoms with Crippen molar-refractivity contribution in [2.24, 2.45) is 5.92 Å². The lowest BCUT2D eigenvalue weighted by Gasteiger charge is -2.14. The third-order valence-corrected chi connectivity index (χ3v) is 4.07. The highest BCUT2D eigenvalue weighted by atomic mass is 35.5. The molecule has 1 heterocycles. The minimum Gasteiger partial charge on any atom is -0.467 e. The SMILES string of the molecule is CC(C)CCc1c(Cl)nnc(Cl)c1-c1ccc(OCOCO)cc1. The fourth-order valence-corrected chi connectivity index (χ4v) is 2.73. The number of rotatable bonds is 8. The van der Waals surface area contributed by atoms with E-state index in [1.165, 1.54) is 0 Å². The van der Waals surface area contributed by atoms with Gasteiger partial charge in [0.05, 0.1) is 0 Å². The van der Waals surface area contributed by atoms with Crippen LogP contribution in [0.4, 0.5) is 0 Å². The summed E-state index contributed by atoms with van der Waals surface area (Å²) in [6, 6.07) is 7.36. The zero-order chi connectivity index (χ0) is 17.5. The quantitative estimate of drug-likeness (QED) is 0.552. The van der Waals surface area contributed by atoms with E-state index in [9.17, 15) is 0 Å². The van der Waals surface area contributed by atoms with Gasteiger partial charge in [0.2, 0.25) is 0 Å². The molecule has 0 amide bonds. The normalized spacial score (nSPS) is 11.1.